The minimum absolute atomic E-state index is 0.0144. The third-order valence-corrected chi connectivity index (χ3v) is 22.4. The van der Waals surface area contributed by atoms with Crippen LogP contribution >= 0.6 is 0 Å². The second-order valence-corrected chi connectivity index (χ2v) is 37.7. The molecule has 1 aliphatic rings. The minimum Gasteiger partial charge on any atom is -0.481 e. The Labute approximate surface area is 848 Å². The van der Waals surface area contributed by atoms with Crippen LogP contribution in [0.3, 0.4) is 0 Å². The highest BCUT2D eigenvalue weighted by atomic mass is 16.4. The number of aliphatic carboxylic acids is 4. The number of hydrogen-bond acceptors (Lipinski definition) is 32. The summed E-state index contributed by atoms with van der Waals surface area (Å²) in [5.41, 5.74) is 22.2. The quantitative estimate of drug-likeness (QED) is 0.0153. The van der Waals surface area contributed by atoms with Gasteiger partial charge in [-0.15, -0.1) is 0 Å². The van der Waals surface area contributed by atoms with Gasteiger partial charge >= 0.3 is 23.9 Å². The summed E-state index contributed by atoms with van der Waals surface area (Å²) in [4.78, 5) is 323. The third-order valence-electron chi connectivity index (χ3n) is 22.4. The summed E-state index contributed by atoms with van der Waals surface area (Å²) < 4.78 is 0. The fourth-order valence-corrected chi connectivity index (χ4v) is 14.6. The van der Waals surface area contributed by atoms with E-state index in [2.05, 4.69) is 101 Å². The zero-order chi connectivity index (χ0) is 112. The maximum Gasteiger partial charge on any atom is 0.328 e. The lowest BCUT2D eigenvalue weighted by Gasteiger charge is -2.32. The number of primary amides is 1. The monoisotopic (exact) mass is 2100 g/mol. The predicted octanol–water partition coefficient (Wildman–Crippen LogP) is -12.2. The first-order valence-corrected chi connectivity index (χ1v) is 48.2. The van der Waals surface area contributed by atoms with Crippen LogP contribution in [0, 0.1) is 35.0 Å². The predicted molar refractivity (Wildman–Crippen MR) is 517 cm³/mol. The Morgan fingerprint density at radius 1 is 0.347 bits per heavy atom. The summed E-state index contributed by atoms with van der Waals surface area (Å²) in [6.45, 7) is 14.5. The van der Waals surface area contributed by atoms with E-state index in [1.807, 2.05) is 0 Å². The molecule has 0 aliphatic carbocycles. The molecule has 20 amide bonds. The number of rotatable bonds is 71. The average molecular weight is 2100 g/mol. The van der Waals surface area contributed by atoms with Gasteiger partial charge in [-0.3, -0.25) is 116 Å². The average Bonchev–Trinajstić information content (AvgIpc) is 1.69. The maximum absolute atomic E-state index is 14.9. The normalized spacial score (nSPS) is 16.2. The minimum atomic E-state index is -2.12. The van der Waals surface area contributed by atoms with Gasteiger partial charge in [0, 0.05) is 32.4 Å². The lowest BCUT2D eigenvalue weighted by Crippen LogP contribution is -2.63. The summed E-state index contributed by atoms with van der Waals surface area (Å²) in [6.07, 6.45) is -10.4. The van der Waals surface area contributed by atoms with Gasteiger partial charge in [0.2, 0.25) is 118 Å². The number of carbonyl (C=O) groups excluding carboxylic acids is 20. The van der Waals surface area contributed by atoms with Crippen molar-refractivity contribution < 1.29 is 161 Å². The Bertz CT molecular complexity index is 4500. The molecule has 147 heavy (non-hydrogen) atoms. The number of nitrogens with zero attached hydrogens (tertiary/aromatic N) is 1. The van der Waals surface area contributed by atoms with Gasteiger partial charge < -0.3 is 175 Å². The molecular formula is C89H153N25O33. The number of likely N-dealkylation sites (tertiary alicyclic amines) is 1. The highest BCUT2D eigenvalue weighted by Gasteiger charge is 2.44. The van der Waals surface area contributed by atoms with Crippen molar-refractivity contribution in [2.24, 2.45) is 52.5 Å². The van der Waals surface area contributed by atoms with Crippen molar-refractivity contribution in [1.82, 2.24) is 106 Å². The molecule has 1 fully saturated rings. The molecular weight excluding hydrogens is 1950 g/mol. The summed E-state index contributed by atoms with van der Waals surface area (Å²) in [6, 6.07) is -28.6. The van der Waals surface area contributed by atoms with E-state index in [9.17, 15) is 161 Å². The van der Waals surface area contributed by atoms with Crippen LogP contribution < -0.4 is 124 Å². The first-order chi connectivity index (χ1) is 68.6. The number of nitrogens with one attached hydrogen (secondary N) is 20. The Hall–Kier alpha value is -13.7. The van der Waals surface area contributed by atoms with Gasteiger partial charge in [-0.25, -0.2) is 4.79 Å². The lowest BCUT2D eigenvalue weighted by atomic mass is 9.98. The number of carboxylic acid groups (broad SMARTS) is 4. The molecule has 0 bridgehead atoms. The number of carboxylic acids is 4. The fourth-order valence-electron chi connectivity index (χ4n) is 14.6. The molecule has 1 saturated heterocycles. The molecule has 1 heterocycles. The number of nitrogens with two attached hydrogens (primary N) is 4. The van der Waals surface area contributed by atoms with Gasteiger partial charge in [0.15, 0.2) is 12.0 Å². The smallest absolute Gasteiger partial charge is 0.328 e. The molecule has 832 valence electrons. The van der Waals surface area contributed by atoms with E-state index < -0.39 is 346 Å². The van der Waals surface area contributed by atoms with E-state index in [1.165, 1.54) is 13.8 Å². The summed E-state index contributed by atoms with van der Waals surface area (Å²) in [7, 11) is 0. The van der Waals surface area contributed by atoms with E-state index in [0.717, 1.165) is 25.7 Å². The van der Waals surface area contributed by atoms with Gasteiger partial charge in [-0.1, -0.05) is 69.2 Å². The third kappa shape index (κ3) is 50.8. The summed E-state index contributed by atoms with van der Waals surface area (Å²) >= 11 is 0. The Balaban J connectivity index is 3.50. The number of aliphatic hydroxyl groups excluding tert-OH is 5. The second-order valence-electron chi connectivity index (χ2n) is 37.7. The SMILES string of the molecule is CC(C)C[C@H](NC(=O)[C@H](CO)NC(=O)[C@@H](N)CCC(N)=O)C(=O)NCC(=O)N[C@@H](CCC(=O)O)C(=O)N[C@@H](CO)C(=O)NCC(=O)NCC(=O)N[C@@H](CCCNC(=N)N)C(=O)N[C@@H](CC(C)C)C(=O)N[C@H](C(=O)N[C@@H](CCCCN)C(=O)N1CCC[C@H]1C(=O)N[C@@H](CC(=O)O)C(=O)N[C@@H](CCC(=O)O)C(=O)N[C@H](C(=O)N[C@@H](CC(C)C)C(=O)N[C@H](C(=O)N[C@@H](CC(C)C)C(=O)N[C@H](C(=O)O)[C@@H](C)O)[C@@H](C)O)[C@@H](C)O)C(C)C. The van der Waals surface area contributed by atoms with Gasteiger partial charge in [-0.05, 0) is 147 Å². The summed E-state index contributed by atoms with van der Waals surface area (Å²) in [5.74, 6) is -30.9. The van der Waals surface area contributed by atoms with E-state index in [0.29, 0.717) is 0 Å². The first-order valence-electron chi connectivity index (χ1n) is 48.2. The van der Waals surface area contributed by atoms with Gasteiger partial charge in [0.1, 0.15) is 90.6 Å². The fraction of sp³-hybridized carbons (Fsp3) is 0.719. The zero-order valence-electron chi connectivity index (χ0n) is 84.9. The molecule has 20 atom stereocenters. The van der Waals surface area contributed by atoms with Gasteiger partial charge in [-0.2, -0.15) is 0 Å². The largest absolute Gasteiger partial charge is 0.481 e. The van der Waals surface area contributed by atoms with Crippen LogP contribution in [0.2, 0.25) is 0 Å². The molecule has 0 saturated carbocycles. The van der Waals surface area contributed by atoms with Crippen LogP contribution in [0.15, 0.2) is 0 Å². The highest BCUT2D eigenvalue weighted by Crippen LogP contribution is 2.23. The number of carbonyl (C=O) groups is 24. The molecule has 0 spiro atoms. The van der Waals surface area contributed by atoms with E-state index in [4.69, 9.17) is 28.3 Å². The molecule has 0 aromatic heterocycles. The number of aliphatic hydroxyl groups is 5. The molecule has 1 rings (SSSR count). The van der Waals surface area contributed by atoms with Crippen LogP contribution in [-0.2, 0) is 115 Å². The highest BCUT2D eigenvalue weighted by molar-refractivity contribution is 6.03. The Morgan fingerprint density at radius 3 is 1.11 bits per heavy atom. The molecule has 0 aromatic carbocycles. The summed E-state index contributed by atoms with van der Waals surface area (Å²) in [5, 5.41) is 142. The Kier molecular flexibility index (Phi) is 59.9. The van der Waals surface area contributed by atoms with Crippen molar-refractivity contribution in [1.29, 1.82) is 5.41 Å². The first kappa shape index (κ1) is 131. The molecule has 0 radical (unpaired) electrons. The van der Waals surface area contributed by atoms with Gasteiger partial charge in [0.05, 0.1) is 63.6 Å². The number of hydrogen-bond donors (Lipinski definition) is 33. The van der Waals surface area contributed by atoms with Crippen molar-refractivity contribution in [3.8, 4) is 0 Å². The van der Waals surface area contributed by atoms with Crippen LogP contribution in [-0.4, -0.2) is 372 Å². The molecule has 37 N–H and O–H groups in total. The van der Waals surface area contributed by atoms with Crippen LogP contribution in [0.25, 0.3) is 0 Å². The number of unbranched alkanes of at least 4 members (excludes halogenated alkanes) is 1. The molecule has 0 aromatic rings. The molecule has 58 heteroatoms. The van der Waals surface area contributed by atoms with Crippen molar-refractivity contribution in [2.75, 3.05) is 52.5 Å². The van der Waals surface area contributed by atoms with E-state index >= 15 is 0 Å². The van der Waals surface area contributed by atoms with Crippen molar-refractivity contribution in [3.63, 3.8) is 0 Å². The van der Waals surface area contributed by atoms with E-state index in [1.54, 1.807) is 55.4 Å². The van der Waals surface area contributed by atoms with Crippen LogP contribution in [0.5, 0.6) is 0 Å². The second kappa shape index (κ2) is 67.1. The van der Waals surface area contributed by atoms with Crippen LogP contribution in [0.4, 0.5) is 0 Å². The topological polar surface area (TPSA) is 951 Å². The Morgan fingerprint density at radius 2 is 0.694 bits per heavy atom. The number of amides is 20. The lowest BCUT2D eigenvalue weighted by molar-refractivity contribution is -0.145. The van der Waals surface area contributed by atoms with Crippen molar-refractivity contribution in [2.45, 2.75) is 327 Å². The zero-order valence-corrected chi connectivity index (χ0v) is 84.9. The van der Waals surface area contributed by atoms with Crippen molar-refractivity contribution in [3.05, 3.63) is 0 Å². The van der Waals surface area contributed by atoms with E-state index in [-0.39, 0.29) is 121 Å². The van der Waals surface area contributed by atoms with Crippen molar-refractivity contribution >= 4 is 148 Å². The molecule has 1 aliphatic heterocycles. The number of guanidine groups is 1. The standard InChI is InChI=1S/C89H153N25O33/c1-40(2)30-53(103-82(140)59(39-116)108-72(130)48(91)21-24-61(92)120)73(131)98-37-64(123)100-50(22-25-65(124)125)76(134)109-58(38-115)74(132)97-35-62(121)96-36-63(122)99-49(19-16-28-95-89(93)94)75(133)104-54(31-41(3)4)79(137)110-68(44(9)10)84(142)102-52(18-14-15-27-90)87(145)114-29-17-20-60(114)83(141)105-57(34-67(128)129)78(136)101-51(23-26-66(126)127)77(135)111-69(45(11)117)85(143)106-55(32-42(5)6)80(138)112-70(46(12)118)86(144)107-56(33-43(7)8)81(139)113-71(47(13)119)88(146)147/h40-60,68-71,115-119H,14-39,90-91H2,1-13H3,(H2,92,120)(H,96,121)(H,97,132)(H,98,131)(H,99,122)(H,100,123)(H,101,136)(H,102,142)(H,103,140)(H,104,133)(H,105,141)(H,106,143)(H,107,144)(H,108,130)(H,109,134)(H,110,137)(H,111,135)(H,112,138)(H,113,139)(H,124,125)(H,126,127)(H,128,129)(H,146,147)(H4,93,94,95)/t45-,46-,47-,48+,49+,50+,51+,52+,53+,54+,55+,56+,57+,58+,59+,60+,68+,69+,70+,71+/m1/s1. The molecule has 58 nitrogen and oxygen atoms in total. The van der Waals surface area contributed by atoms with Gasteiger partial charge in [0.25, 0.3) is 0 Å². The van der Waals surface area contributed by atoms with Crippen LogP contribution in [0.1, 0.15) is 206 Å². The maximum atomic E-state index is 14.9. The molecule has 0 unspecified atom stereocenters.